The molecule has 0 aliphatic rings. The molecule has 0 spiro atoms. The van der Waals surface area contributed by atoms with Crippen molar-refractivity contribution in [2.75, 3.05) is 13.2 Å². The molecule has 1 radical (unpaired) electrons. The third kappa shape index (κ3) is 11.7. The Labute approximate surface area is 145 Å². The molecule has 0 rings (SSSR count). The molecule has 2 atom stereocenters. The summed E-state index contributed by atoms with van der Waals surface area (Å²) in [6.07, 6.45) is 9.92. The highest BCUT2D eigenvalue weighted by atomic mass is 35.5. The van der Waals surface area contributed by atoms with Gasteiger partial charge in [0.15, 0.2) is 0 Å². The first-order valence-electron chi connectivity index (χ1n) is 9.10. The van der Waals surface area contributed by atoms with E-state index in [1.807, 2.05) is 5.70 Å². The standard InChI is InChI=1S/C18H36ClO2Si/c1-5-9-11-17(7-3)15-20-22(14-13-19)21-16-18(8-4)12-10-6-2/h13-14,17-18H,5-12,15-16H2,1-4H3. The fraction of sp³-hybridized carbons (Fsp3) is 0.889. The van der Waals surface area contributed by atoms with E-state index < -0.39 is 9.28 Å². The maximum Gasteiger partial charge on any atom is 0.416 e. The number of hydrogen-bond donors (Lipinski definition) is 0. The molecular formula is C18H36ClO2Si. The smallest absolute Gasteiger partial charge is 0.390 e. The lowest BCUT2D eigenvalue weighted by Crippen LogP contribution is -2.27. The van der Waals surface area contributed by atoms with E-state index in [2.05, 4.69) is 27.7 Å². The van der Waals surface area contributed by atoms with Crippen molar-refractivity contribution in [1.29, 1.82) is 0 Å². The van der Waals surface area contributed by atoms with E-state index in [9.17, 15) is 0 Å². The average molecular weight is 348 g/mol. The van der Waals surface area contributed by atoms with Crippen LogP contribution in [0.1, 0.15) is 79.1 Å². The highest BCUT2D eigenvalue weighted by molar-refractivity contribution is 6.52. The van der Waals surface area contributed by atoms with E-state index in [0.717, 1.165) is 13.2 Å². The van der Waals surface area contributed by atoms with Crippen molar-refractivity contribution < 1.29 is 8.85 Å². The van der Waals surface area contributed by atoms with Crippen molar-refractivity contribution in [3.05, 3.63) is 11.2 Å². The van der Waals surface area contributed by atoms with Gasteiger partial charge in [0.25, 0.3) is 0 Å². The van der Waals surface area contributed by atoms with Gasteiger partial charge in [-0.2, -0.15) is 0 Å². The summed E-state index contributed by atoms with van der Waals surface area (Å²) in [5.74, 6) is 1.30. The van der Waals surface area contributed by atoms with Gasteiger partial charge in [-0.05, 0) is 30.4 Å². The van der Waals surface area contributed by atoms with E-state index in [0.29, 0.717) is 11.8 Å². The Morgan fingerprint density at radius 2 is 1.32 bits per heavy atom. The molecule has 0 heterocycles. The summed E-state index contributed by atoms with van der Waals surface area (Å²) in [5, 5.41) is 0. The Balaban J connectivity index is 4.17. The Morgan fingerprint density at radius 3 is 1.64 bits per heavy atom. The van der Waals surface area contributed by atoms with E-state index in [1.165, 1.54) is 51.4 Å². The summed E-state index contributed by atoms with van der Waals surface area (Å²) >= 11 is 5.75. The highest BCUT2D eigenvalue weighted by Gasteiger charge is 2.17. The minimum absolute atomic E-state index is 0.648. The van der Waals surface area contributed by atoms with Gasteiger partial charge in [-0.15, -0.1) is 0 Å². The minimum Gasteiger partial charge on any atom is -0.390 e. The van der Waals surface area contributed by atoms with Crippen LogP contribution in [-0.4, -0.2) is 22.5 Å². The van der Waals surface area contributed by atoms with Crippen LogP contribution in [0.2, 0.25) is 0 Å². The quantitative estimate of drug-likeness (QED) is 0.327. The molecule has 0 aromatic rings. The predicted molar refractivity (Wildman–Crippen MR) is 99.3 cm³/mol. The molecule has 0 bridgehead atoms. The molecule has 0 saturated carbocycles. The van der Waals surface area contributed by atoms with Crippen LogP contribution in [0.25, 0.3) is 0 Å². The molecular weight excluding hydrogens is 312 g/mol. The van der Waals surface area contributed by atoms with Crippen molar-refractivity contribution in [2.24, 2.45) is 11.8 Å². The summed E-state index contributed by atoms with van der Waals surface area (Å²) in [6.45, 7) is 10.6. The van der Waals surface area contributed by atoms with E-state index in [-0.39, 0.29) is 0 Å². The molecule has 0 aromatic carbocycles. The fourth-order valence-corrected chi connectivity index (χ4v) is 3.87. The molecule has 131 valence electrons. The zero-order valence-corrected chi connectivity index (χ0v) is 16.8. The number of unbranched alkanes of at least 4 members (excludes halogenated alkanes) is 2. The Kier molecular flexibility index (Phi) is 16.2. The first kappa shape index (κ1) is 22.2. The fourth-order valence-electron chi connectivity index (χ4n) is 2.39. The van der Waals surface area contributed by atoms with Gasteiger partial charge in [0.05, 0.1) is 0 Å². The van der Waals surface area contributed by atoms with Crippen molar-refractivity contribution in [3.8, 4) is 0 Å². The highest BCUT2D eigenvalue weighted by Crippen LogP contribution is 2.16. The van der Waals surface area contributed by atoms with Crippen LogP contribution in [0.5, 0.6) is 0 Å². The maximum absolute atomic E-state index is 6.04. The van der Waals surface area contributed by atoms with Gasteiger partial charge in [-0.3, -0.25) is 0 Å². The number of hydrogen-bond acceptors (Lipinski definition) is 2. The molecule has 0 aliphatic carbocycles. The SMILES string of the molecule is CCCCC(CC)CO[Si](C=CCl)OCC(CC)CCCC. The lowest BCUT2D eigenvalue weighted by atomic mass is 10.0. The van der Waals surface area contributed by atoms with Gasteiger partial charge in [-0.25, -0.2) is 0 Å². The maximum atomic E-state index is 6.04. The van der Waals surface area contributed by atoms with Gasteiger partial charge < -0.3 is 8.85 Å². The summed E-state index contributed by atoms with van der Waals surface area (Å²) in [6, 6.07) is 0. The van der Waals surface area contributed by atoms with Gasteiger partial charge in [0.1, 0.15) is 0 Å². The summed E-state index contributed by atoms with van der Waals surface area (Å²) in [5.41, 5.74) is 3.46. The van der Waals surface area contributed by atoms with Crippen LogP contribution in [0.3, 0.4) is 0 Å². The van der Waals surface area contributed by atoms with Crippen LogP contribution in [-0.2, 0) is 8.85 Å². The summed E-state index contributed by atoms with van der Waals surface area (Å²) < 4.78 is 12.1. The summed E-state index contributed by atoms with van der Waals surface area (Å²) in [7, 11) is -1.37. The molecule has 4 heteroatoms. The number of rotatable bonds is 15. The topological polar surface area (TPSA) is 18.5 Å². The first-order valence-corrected chi connectivity index (χ1v) is 10.9. The van der Waals surface area contributed by atoms with E-state index >= 15 is 0 Å². The molecule has 0 N–H and O–H groups in total. The van der Waals surface area contributed by atoms with Crippen molar-refractivity contribution in [3.63, 3.8) is 0 Å². The first-order chi connectivity index (χ1) is 10.7. The van der Waals surface area contributed by atoms with Crippen LogP contribution in [0.4, 0.5) is 0 Å². The molecule has 0 amide bonds. The van der Waals surface area contributed by atoms with Gasteiger partial charge in [-0.1, -0.05) is 77.8 Å². The van der Waals surface area contributed by atoms with Gasteiger partial charge >= 0.3 is 9.28 Å². The molecule has 2 unspecified atom stereocenters. The third-order valence-corrected chi connectivity index (χ3v) is 5.89. The second-order valence-electron chi connectivity index (χ2n) is 6.07. The Hall–Kier alpha value is 0.167. The molecule has 0 fully saturated rings. The molecule has 22 heavy (non-hydrogen) atoms. The van der Waals surface area contributed by atoms with Crippen LogP contribution >= 0.6 is 11.6 Å². The minimum atomic E-state index is -1.37. The zero-order valence-electron chi connectivity index (χ0n) is 15.1. The van der Waals surface area contributed by atoms with E-state index in [4.69, 9.17) is 20.5 Å². The third-order valence-electron chi connectivity index (χ3n) is 4.21. The van der Waals surface area contributed by atoms with E-state index in [1.54, 1.807) is 5.54 Å². The van der Waals surface area contributed by atoms with Crippen LogP contribution in [0.15, 0.2) is 11.2 Å². The van der Waals surface area contributed by atoms with Gasteiger partial charge in [0.2, 0.25) is 0 Å². The summed E-state index contributed by atoms with van der Waals surface area (Å²) in [4.78, 5) is 0. The monoisotopic (exact) mass is 347 g/mol. The largest absolute Gasteiger partial charge is 0.416 e. The predicted octanol–water partition coefficient (Wildman–Crippen LogP) is 6.23. The van der Waals surface area contributed by atoms with Crippen molar-refractivity contribution in [1.82, 2.24) is 0 Å². The average Bonchev–Trinajstić information content (AvgIpc) is 2.54. The molecule has 0 saturated heterocycles. The molecule has 0 aromatic heterocycles. The molecule has 0 aliphatic heterocycles. The Bertz CT molecular complexity index is 241. The van der Waals surface area contributed by atoms with Gasteiger partial charge in [0, 0.05) is 18.7 Å². The van der Waals surface area contributed by atoms with Crippen molar-refractivity contribution >= 4 is 20.9 Å². The lowest BCUT2D eigenvalue weighted by Gasteiger charge is -2.20. The van der Waals surface area contributed by atoms with Crippen LogP contribution in [0, 0.1) is 11.8 Å². The van der Waals surface area contributed by atoms with Crippen LogP contribution < -0.4 is 0 Å². The normalized spacial score (nSPS) is 14.8. The Morgan fingerprint density at radius 1 is 0.864 bits per heavy atom. The second-order valence-corrected chi connectivity index (χ2v) is 7.87. The number of halogens is 1. The lowest BCUT2D eigenvalue weighted by molar-refractivity contribution is 0.148. The molecule has 2 nitrogen and oxygen atoms in total. The second kappa shape index (κ2) is 16.0. The van der Waals surface area contributed by atoms with Crippen molar-refractivity contribution in [2.45, 2.75) is 79.1 Å². The zero-order chi connectivity index (χ0) is 16.6.